The molecule has 0 aliphatic heterocycles. The van der Waals surface area contributed by atoms with Crippen LogP contribution in [0.5, 0.6) is 11.5 Å². The largest absolute Gasteiger partial charge is 0.490 e. The normalized spacial score (nSPS) is 11.7. The summed E-state index contributed by atoms with van der Waals surface area (Å²) in [7, 11) is -4.11. The molecule has 1 atom stereocenters. The predicted molar refractivity (Wildman–Crippen MR) is 149 cm³/mol. The first-order valence-electron chi connectivity index (χ1n) is 12.2. The smallest absolute Gasteiger partial charge is 0.475 e. The van der Waals surface area contributed by atoms with Gasteiger partial charge in [-0.25, -0.2) is 14.2 Å². The molecule has 0 fully saturated rings. The second-order valence-electron chi connectivity index (χ2n) is 8.43. The molecule has 9 nitrogen and oxygen atoms in total. The summed E-state index contributed by atoms with van der Waals surface area (Å²) in [5, 5.41) is 9.81. The molecule has 4 N–H and O–H groups in total. The van der Waals surface area contributed by atoms with Gasteiger partial charge in [0.1, 0.15) is 18.1 Å². The van der Waals surface area contributed by atoms with Crippen molar-refractivity contribution in [2.24, 2.45) is 0 Å². The Morgan fingerprint density at radius 3 is 1.64 bits per heavy atom. The lowest BCUT2D eigenvalue weighted by atomic mass is 10.2. The number of nitrogens with one attached hydrogen (secondary N) is 1. The molecule has 0 aromatic heterocycles. The number of alkyl carbamates (subject to hydrolysis) is 1. The number of carboxylic acid groups (broad SMARTS) is 1. The minimum absolute atomic E-state index is 0.0461. The van der Waals surface area contributed by atoms with Crippen molar-refractivity contribution >= 4 is 25.3 Å². The zero-order chi connectivity index (χ0) is 30.6. The van der Waals surface area contributed by atoms with Gasteiger partial charge in [-0.1, -0.05) is 78.9 Å². The van der Waals surface area contributed by atoms with Gasteiger partial charge in [-0.3, -0.25) is 0 Å². The molecule has 0 spiro atoms. The van der Waals surface area contributed by atoms with Crippen LogP contribution < -0.4 is 20.1 Å². The standard InChI is InChI=1S/C27H25N2O5P.C2HF3O2/c28-23-18-16-22(17-19-23)26(29-27(30)32-20-21-10-4-1-5-11-21)35(31,33-24-12-6-2-7-13-24)34-25-14-8-3-9-15-25;3-2(4,5)1(6)7/h1-19,26H,20,28H2,(H,29,30);(H,6,7). The number of hydrogen-bond donors (Lipinski definition) is 3. The van der Waals surface area contributed by atoms with Gasteiger partial charge in [-0.05, 0) is 47.5 Å². The third-order valence-corrected chi connectivity index (χ3v) is 7.22. The van der Waals surface area contributed by atoms with Gasteiger partial charge in [0.15, 0.2) is 5.78 Å². The number of alkyl halides is 3. The Morgan fingerprint density at radius 1 is 0.786 bits per heavy atom. The molecule has 42 heavy (non-hydrogen) atoms. The van der Waals surface area contributed by atoms with E-state index in [-0.39, 0.29) is 6.61 Å². The van der Waals surface area contributed by atoms with Crippen LogP contribution in [0.2, 0.25) is 0 Å². The third kappa shape index (κ3) is 9.90. The van der Waals surface area contributed by atoms with E-state index in [1.165, 1.54) is 0 Å². The van der Waals surface area contributed by atoms with Gasteiger partial charge >= 0.3 is 25.8 Å². The fraction of sp³-hybridized carbons (Fsp3) is 0.103. The molecule has 4 rings (SSSR count). The number of hydrogen-bond acceptors (Lipinski definition) is 7. The molecule has 0 heterocycles. The number of nitrogen functional groups attached to an aromatic ring is 1. The first-order valence-corrected chi connectivity index (χ1v) is 13.8. The summed E-state index contributed by atoms with van der Waals surface area (Å²) in [5.41, 5.74) is 7.66. The lowest BCUT2D eigenvalue weighted by Gasteiger charge is -2.28. The molecule has 0 radical (unpaired) electrons. The maximum Gasteiger partial charge on any atom is 0.490 e. The van der Waals surface area contributed by atoms with Gasteiger partial charge in [0, 0.05) is 5.69 Å². The summed E-state index contributed by atoms with van der Waals surface area (Å²) in [4.78, 5) is 21.7. The van der Waals surface area contributed by atoms with E-state index in [1.807, 2.05) is 42.5 Å². The number of ether oxygens (including phenoxy) is 1. The van der Waals surface area contributed by atoms with E-state index in [0.29, 0.717) is 22.7 Å². The van der Waals surface area contributed by atoms with E-state index in [2.05, 4.69) is 5.32 Å². The highest BCUT2D eigenvalue weighted by Crippen LogP contribution is 2.59. The van der Waals surface area contributed by atoms with Gasteiger partial charge in [-0.15, -0.1) is 0 Å². The topological polar surface area (TPSA) is 137 Å². The van der Waals surface area contributed by atoms with Gasteiger partial charge in [0.2, 0.25) is 0 Å². The van der Waals surface area contributed by atoms with Gasteiger partial charge in [0.25, 0.3) is 0 Å². The van der Waals surface area contributed by atoms with E-state index in [4.69, 9.17) is 29.4 Å². The zero-order valence-electron chi connectivity index (χ0n) is 21.8. The highest BCUT2D eigenvalue weighted by molar-refractivity contribution is 7.55. The molecule has 0 aliphatic carbocycles. The Hall–Kier alpha value is -4.96. The van der Waals surface area contributed by atoms with E-state index in [9.17, 15) is 22.5 Å². The second-order valence-corrected chi connectivity index (χ2v) is 10.4. The van der Waals surface area contributed by atoms with E-state index in [1.54, 1.807) is 72.8 Å². The van der Waals surface area contributed by atoms with Crippen LogP contribution in [0, 0.1) is 0 Å². The molecule has 1 amide bonds. The first-order chi connectivity index (χ1) is 20.0. The highest BCUT2D eigenvalue weighted by Gasteiger charge is 2.42. The summed E-state index contributed by atoms with van der Waals surface area (Å²) in [6.07, 6.45) is -5.86. The molecular weight excluding hydrogens is 576 g/mol. The molecule has 0 bridgehead atoms. The molecule has 4 aromatic carbocycles. The summed E-state index contributed by atoms with van der Waals surface area (Å²) >= 11 is 0. The van der Waals surface area contributed by atoms with Crippen molar-refractivity contribution in [1.82, 2.24) is 5.32 Å². The van der Waals surface area contributed by atoms with Crippen molar-refractivity contribution in [3.63, 3.8) is 0 Å². The van der Waals surface area contributed by atoms with Crippen molar-refractivity contribution in [3.8, 4) is 11.5 Å². The molecular formula is C29H26F3N2O7P. The lowest BCUT2D eigenvalue weighted by Crippen LogP contribution is -2.31. The van der Waals surface area contributed by atoms with Gasteiger partial charge < -0.3 is 29.9 Å². The van der Waals surface area contributed by atoms with Crippen molar-refractivity contribution in [3.05, 3.63) is 126 Å². The minimum Gasteiger partial charge on any atom is -0.475 e. The molecule has 0 saturated carbocycles. The van der Waals surface area contributed by atoms with Crippen LogP contribution in [0.4, 0.5) is 23.7 Å². The number of para-hydroxylation sites is 2. The quantitative estimate of drug-likeness (QED) is 0.135. The number of aliphatic carboxylic acids is 1. The van der Waals surface area contributed by atoms with Gasteiger partial charge in [0.05, 0.1) is 0 Å². The summed E-state index contributed by atoms with van der Waals surface area (Å²) < 4.78 is 63.4. The zero-order valence-corrected chi connectivity index (χ0v) is 22.7. The maximum atomic E-state index is 14.4. The van der Waals surface area contributed by atoms with E-state index in [0.717, 1.165) is 5.56 Å². The van der Waals surface area contributed by atoms with E-state index < -0.39 is 31.6 Å². The number of halogens is 3. The number of rotatable bonds is 9. The molecule has 13 heteroatoms. The van der Waals surface area contributed by atoms with Crippen LogP contribution in [0.3, 0.4) is 0 Å². The summed E-state index contributed by atoms with van der Waals surface area (Å²) in [6, 6.07) is 33.1. The van der Waals surface area contributed by atoms with E-state index >= 15 is 0 Å². The third-order valence-electron chi connectivity index (χ3n) is 5.23. The predicted octanol–water partition coefficient (Wildman–Crippen LogP) is 7.18. The Morgan fingerprint density at radius 2 is 1.21 bits per heavy atom. The van der Waals surface area contributed by atoms with Gasteiger partial charge in [-0.2, -0.15) is 13.2 Å². The Kier molecular flexibility index (Phi) is 11.0. The molecule has 220 valence electrons. The number of carbonyl (C=O) groups is 2. The Labute approximate surface area is 239 Å². The van der Waals surface area contributed by atoms with Crippen molar-refractivity contribution < 1.29 is 46.2 Å². The molecule has 1 unspecified atom stereocenters. The van der Waals surface area contributed by atoms with Crippen molar-refractivity contribution in [2.45, 2.75) is 18.6 Å². The van der Waals surface area contributed by atoms with Crippen LogP contribution in [0.1, 0.15) is 16.9 Å². The number of carboxylic acids is 1. The number of amides is 1. The average molecular weight is 603 g/mol. The SMILES string of the molecule is Nc1ccc(C(NC(=O)OCc2ccccc2)P(=O)(Oc2ccccc2)Oc2ccccc2)cc1.O=C(O)C(F)(F)F. The fourth-order valence-electron chi connectivity index (χ4n) is 3.28. The highest BCUT2D eigenvalue weighted by atomic mass is 31.2. The van der Waals surface area contributed by atoms with Crippen molar-refractivity contribution in [1.29, 1.82) is 0 Å². The maximum absolute atomic E-state index is 14.4. The number of carbonyl (C=O) groups excluding carboxylic acids is 1. The Balaban J connectivity index is 0.000000616. The number of nitrogens with two attached hydrogens (primary N) is 1. The van der Waals surface area contributed by atoms with Crippen LogP contribution in [-0.2, 0) is 20.7 Å². The molecule has 4 aromatic rings. The Bertz CT molecular complexity index is 1430. The fourth-order valence-corrected chi connectivity index (χ4v) is 5.16. The first kappa shape index (κ1) is 31.6. The van der Waals surface area contributed by atoms with Crippen LogP contribution in [0.15, 0.2) is 115 Å². The second kappa shape index (κ2) is 14.6. The number of benzene rings is 4. The lowest BCUT2D eigenvalue weighted by molar-refractivity contribution is -0.192. The average Bonchev–Trinajstić information content (AvgIpc) is 2.97. The van der Waals surface area contributed by atoms with Crippen molar-refractivity contribution in [2.75, 3.05) is 5.73 Å². The van der Waals surface area contributed by atoms with Crippen LogP contribution >= 0.6 is 7.60 Å². The summed E-state index contributed by atoms with van der Waals surface area (Å²) in [6.45, 7) is 0.0461. The molecule has 0 aliphatic rings. The summed E-state index contributed by atoms with van der Waals surface area (Å²) in [5.74, 6) is -3.29. The minimum atomic E-state index is -5.08. The monoisotopic (exact) mass is 602 g/mol. The van der Waals surface area contributed by atoms with Crippen LogP contribution in [0.25, 0.3) is 0 Å². The van der Waals surface area contributed by atoms with Crippen LogP contribution in [-0.4, -0.2) is 23.3 Å². The molecule has 0 saturated heterocycles. The number of anilines is 1.